The van der Waals surface area contributed by atoms with Crippen molar-refractivity contribution >= 4 is 32.9 Å². The van der Waals surface area contributed by atoms with E-state index in [9.17, 15) is 0 Å². The van der Waals surface area contributed by atoms with Crippen LogP contribution in [0.15, 0.2) is 12.7 Å². The van der Waals surface area contributed by atoms with E-state index >= 15 is 0 Å². The molecule has 1 N–H and O–H groups in total. The van der Waals surface area contributed by atoms with Crippen LogP contribution in [0.3, 0.4) is 0 Å². The number of imidazole rings is 1. The third kappa shape index (κ3) is 2.71. The highest BCUT2D eigenvalue weighted by Crippen LogP contribution is 2.24. The summed E-state index contributed by atoms with van der Waals surface area (Å²) in [7, 11) is 0. The van der Waals surface area contributed by atoms with Crippen LogP contribution >= 0.6 is 15.9 Å². The van der Waals surface area contributed by atoms with E-state index in [1.807, 2.05) is 0 Å². The number of fused-ring (bicyclic) bond motifs is 1. The molecule has 6 nitrogen and oxygen atoms in total. The molecule has 19 heavy (non-hydrogen) atoms. The molecule has 0 unspecified atom stereocenters. The van der Waals surface area contributed by atoms with Gasteiger partial charge in [0, 0.05) is 18.4 Å². The van der Waals surface area contributed by atoms with E-state index in [2.05, 4.69) is 40.8 Å². The van der Waals surface area contributed by atoms with Gasteiger partial charge in [-0.25, -0.2) is 15.0 Å². The lowest BCUT2D eigenvalue weighted by molar-refractivity contribution is 0.0480. The van der Waals surface area contributed by atoms with Gasteiger partial charge in [0.05, 0.1) is 19.0 Å². The van der Waals surface area contributed by atoms with E-state index < -0.39 is 0 Å². The monoisotopic (exact) mass is 325 g/mol. The first kappa shape index (κ1) is 12.8. The second-order valence-corrected chi connectivity index (χ2v) is 5.34. The number of rotatable bonds is 4. The third-order valence-electron chi connectivity index (χ3n) is 3.38. The SMILES string of the molecule is BrCCOC1CCN(c2ncnc3nc[nH]c23)CC1. The van der Waals surface area contributed by atoms with Crippen molar-refractivity contribution < 1.29 is 4.74 Å². The maximum atomic E-state index is 5.76. The van der Waals surface area contributed by atoms with Crippen LogP contribution in [0.5, 0.6) is 0 Å². The van der Waals surface area contributed by atoms with Crippen LogP contribution in [0, 0.1) is 0 Å². The number of piperidine rings is 1. The van der Waals surface area contributed by atoms with E-state index in [1.54, 1.807) is 12.7 Å². The summed E-state index contributed by atoms with van der Waals surface area (Å²) in [5.74, 6) is 0.946. The minimum atomic E-state index is 0.368. The van der Waals surface area contributed by atoms with Crippen LogP contribution < -0.4 is 4.90 Å². The number of aromatic amines is 1. The average molecular weight is 326 g/mol. The number of nitrogens with zero attached hydrogens (tertiary/aromatic N) is 4. The van der Waals surface area contributed by atoms with Gasteiger partial charge in [0.1, 0.15) is 11.8 Å². The van der Waals surface area contributed by atoms with Gasteiger partial charge in [-0.1, -0.05) is 15.9 Å². The number of anilines is 1. The second-order valence-electron chi connectivity index (χ2n) is 4.54. The Bertz CT molecular complexity index is 538. The minimum Gasteiger partial charge on any atom is -0.377 e. The van der Waals surface area contributed by atoms with Gasteiger partial charge in [-0.2, -0.15) is 0 Å². The molecular formula is C12H16BrN5O. The van der Waals surface area contributed by atoms with Crippen LogP contribution in [0.4, 0.5) is 5.82 Å². The number of nitrogens with one attached hydrogen (secondary N) is 1. The number of aromatic nitrogens is 4. The predicted octanol–water partition coefficient (Wildman–Crippen LogP) is 1.73. The largest absolute Gasteiger partial charge is 0.377 e. The molecule has 3 heterocycles. The summed E-state index contributed by atoms with van der Waals surface area (Å²) < 4.78 is 5.76. The lowest BCUT2D eigenvalue weighted by Gasteiger charge is -2.32. The van der Waals surface area contributed by atoms with Crippen molar-refractivity contribution in [1.29, 1.82) is 0 Å². The maximum Gasteiger partial charge on any atom is 0.182 e. The van der Waals surface area contributed by atoms with E-state index in [-0.39, 0.29) is 0 Å². The van der Waals surface area contributed by atoms with Crippen LogP contribution in [0.2, 0.25) is 0 Å². The highest BCUT2D eigenvalue weighted by molar-refractivity contribution is 9.09. The summed E-state index contributed by atoms with van der Waals surface area (Å²) >= 11 is 3.38. The molecule has 0 radical (unpaired) electrons. The first-order valence-electron chi connectivity index (χ1n) is 6.45. The number of H-pyrrole nitrogens is 1. The molecule has 1 aliphatic heterocycles. The molecule has 0 amide bonds. The molecule has 3 rings (SSSR count). The van der Waals surface area contributed by atoms with Crippen molar-refractivity contribution in [3.63, 3.8) is 0 Å². The van der Waals surface area contributed by atoms with Crippen molar-refractivity contribution in [2.45, 2.75) is 18.9 Å². The zero-order valence-electron chi connectivity index (χ0n) is 10.5. The van der Waals surface area contributed by atoms with Gasteiger partial charge in [-0.15, -0.1) is 0 Å². The molecule has 0 spiro atoms. The smallest absolute Gasteiger partial charge is 0.182 e. The van der Waals surface area contributed by atoms with Crippen molar-refractivity contribution in [2.24, 2.45) is 0 Å². The fraction of sp³-hybridized carbons (Fsp3) is 0.583. The van der Waals surface area contributed by atoms with Crippen LogP contribution in [-0.4, -0.2) is 51.1 Å². The summed E-state index contributed by atoms with van der Waals surface area (Å²) in [6, 6.07) is 0. The zero-order valence-corrected chi connectivity index (χ0v) is 12.1. The van der Waals surface area contributed by atoms with E-state index in [4.69, 9.17) is 4.74 Å². The number of alkyl halides is 1. The Morgan fingerprint density at radius 3 is 2.95 bits per heavy atom. The molecule has 102 valence electrons. The molecule has 1 fully saturated rings. The summed E-state index contributed by atoms with van der Waals surface area (Å²) in [4.78, 5) is 18.1. The fourth-order valence-electron chi connectivity index (χ4n) is 2.44. The van der Waals surface area contributed by atoms with Crippen molar-refractivity contribution in [3.8, 4) is 0 Å². The molecule has 7 heteroatoms. The van der Waals surface area contributed by atoms with Crippen LogP contribution in [0.25, 0.3) is 11.2 Å². The van der Waals surface area contributed by atoms with Crippen molar-refractivity contribution in [3.05, 3.63) is 12.7 Å². The molecule has 2 aromatic heterocycles. The number of hydrogen-bond acceptors (Lipinski definition) is 5. The molecule has 1 saturated heterocycles. The molecule has 0 aliphatic carbocycles. The number of halogens is 1. The zero-order chi connectivity index (χ0) is 13.1. The highest BCUT2D eigenvalue weighted by atomic mass is 79.9. The molecule has 0 atom stereocenters. The van der Waals surface area contributed by atoms with E-state index in [1.165, 1.54) is 0 Å². The Balaban J connectivity index is 1.69. The summed E-state index contributed by atoms with van der Waals surface area (Å²) in [5, 5.41) is 0.897. The van der Waals surface area contributed by atoms with Gasteiger partial charge in [-0.3, -0.25) is 0 Å². The van der Waals surface area contributed by atoms with Gasteiger partial charge in [0.15, 0.2) is 11.5 Å². The van der Waals surface area contributed by atoms with Crippen molar-refractivity contribution in [1.82, 2.24) is 19.9 Å². The first-order valence-corrected chi connectivity index (χ1v) is 7.57. The van der Waals surface area contributed by atoms with Gasteiger partial charge in [0.2, 0.25) is 0 Å². The molecular weight excluding hydrogens is 310 g/mol. The minimum absolute atomic E-state index is 0.368. The number of ether oxygens (including phenoxy) is 1. The van der Waals surface area contributed by atoms with Gasteiger partial charge >= 0.3 is 0 Å². The average Bonchev–Trinajstić information content (AvgIpc) is 2.94. The molecule has 0 bridgehead atoms. The molecule has 1 aliphatic rings. The van der Waals surface area contributed by atoms with Gasteiger partial charge < -0.3 is 14.6 Å². The highest BCUT2D eigenvalue weighted by Gasteiger charge is 2.22. The Kier molecular flexibility index (Phi) is 3.93. The Hall–Kier alpha value is -1.21. The lowest BCUT2D eigenvalue weighted by Crippen LogP contribution is -2.37. The fourth-order valence-corrected chi connectivity index (χ4v) is 2.62. The second kappa shape index (κ2) is 5.83. The lowest BCUT2D eigenvalue weighted by atomic mass is 10.1. The van der Waals surface area contributed by atoms with E-state index in [0.29, 0.717) is 6.10 Å². The van der Waals surface area contributed by atoms with Crippen LogP contribution in [0.1, 0.15) is 12.8 Å². The normalized spacial score (nSPS) is 17.2. The van der Waals surface area contributed by atoms with Gasteiger partial charge in [0.25, 0.3) is 0 Å². The van der Waals surface area contributed by atoms with Crippen LogP contribution in [-0.2, 0) is 4.74 Å². The third-order valence-corrected chi connectivity index (χ3v) is 3.70. The van der Waals surface area contributed by atoms with Crippen molar-refractivity contribution in [2.75, 3.05) is 29.9 Å². The topological polar surface area (TPSA) is 66.9 Å². The standard InChI is InChI=1S/C12H16BrN5O/c13-3-6-19-9-1-4-18(5-2-9)12-10-11(15-7-14-10)16-8-17-12/h7-9H,1-6H2,(H,14,15,16,17). The summed E-state index contributed by atoms with van der Waals surface area (Å²) in [6.45, 7) is 2.69. The molecule has 2 aromatic rings. The Morgan fingerprint density at radius 2 is 2.16 bits per heavy atom. The first-order chi connectivity index (χ1) is 9.38. The Labute approximate surface area is 119 Å². The quantitative estimate of drug-likeness (QED) is 0.867. The van der Waals surface area contributed by atoms with E-state index in [0.717, 1.165) is 54.8 Å². The summed E-state index contributed by atoms with van der Waals surface area (Å²) in [5.41, 5.74) is 1.64. The van der Waals surface area contributed by atoms with Gasteiger partial charge in [-0.05, 0) is 12.8 Å². The predicted molar refractivity (Wildman–Crippen MR) is 76.7 cm³/mol. The Morgan fingerprint density at radius 1 is 1.32 bits per heavy atom. The molecule has 0 saturated carbocycles. The maximum absolute atomic E-state index is 5.76. The summed E-state index contributed by atoms with van der Waals surface area (Å²) in [6.07, 6.45) is 5.67. The molecule has 0 aromatic carbocycles. The number of hydrogen-bond donors (Lipinski definition) is 1.